The summed E-state index contributed by atoms with van der Waals surface area (Å²) in [6.07, 6.45) is 3.87. The third-order valence-electron chi connectivity index (χ3n) is 2.06. The second-order valence-electron chi connectivity index (χ2n) is 3.20. The molecule has 5 heteroatoms. The fourth-order valence-corrected chi connectivity index (χ4v) is 2.01. The zero-order valence-electron chi connectivity index (χ0n) is 8.93. The van der Waals surface area contributed by atoms with E-state index in [0.717, 1.165) is 6.29 Å². The highest BCUT2D eigenvalue weighted by Crippen LogP contribution is 2.29. The number of rotatable bonds is 6. The number of halogens is 2. The van der Waals surface area contributed by atoms with Gasteiger partial charge in [-0.25, -0.2) is 4.39 Å². The highest BCUT2D eigenvalue weighted by atomic mass is 35.5. The summed E-state index contributed by atoms with van der Waals surface area (Å²) in [5, 5.41) is 3.50. The molecule has 0 aromatic heterocycles. The van der Waals surface area contributed by atoms with Crippen LogP contribution in [0.2, 0.25) is 5.02 Å². The normalized spacial score (nSPS) is 10.2. The maximum absolute atomic E-state index is 13.4. The van der Waals surface area contributed by atoms with Gasteiger partial charge < -0.3 is 10.1 Å². The monoisotopic (exact) mass is 261 g/mol. The predicted octanol–water partition coefficient (Wildman–Crippen LogP) is 3.59. The Morgan fingerprint density at radius 2 is 2.31 bits per heavy atom. The summed E-state index contributed by atoms with van der Waals surface area (Å²) in [4.78, 5) is 10.6. The second kappa shape index (κ2) is 6.76. The molecule has 0 fully saturated rings. The van der Waals surface area contributed by atoms with Crippen LogP contribution in [0.15, 0.2) is 17.0 Å². The fraction of sp³-hybridized carbons (Fsp3) is 0.364. The molecule has 0 unspecified atom stereocenters. The van der Waals surface area contributed by atoms with Gasteiger partial charge in [-0.2, -0.15) is 0 Å². The third-order valence-corrected chi connectivity index (χ3v) is 3.12. The SMILES string of the molecule is CSc1cc(Cl)c(NCCCC=O)cc1F. The Morgan fingerprint density at radius 3 is 2.94 bits per heavy atom. The highest BCUT2D eigenvalue weighted by molar-refractivity contribution is 7.98. The molecule has 0 amide bonds. The maximum atomic E-state index is 13.4. The van der Waals surface area contributed by atoms with Crippen LogP contribution in [-0.2, 0) is 4.79 Å². The largest absolute Gasteiger partial charge is 0.384 e. The number of thioether (sulfide) groups is 1. The number of carbonyl (C=O) groups excluding carboxylic acids is 1. The van der Waals surface area contributed by atoms with Crippen LogP contribution in [-0.4, -0.2) is 19.1 Å². The summed E-state index contributed by atoms with van der Waals surface area (Å²) in [6.45, 7) is 0.608. The van der Waals surface area contributed by atoms with Gasteiger partial charge in [0.05, 0.1) is 10.7 Å². The van der Waals surface area contributed by atoms with Crippen LogP contribution in [0.1, 0.15) is 12.8 Å². The van der Waals surface area contributed by atoms with E-state index in [4.69, 9.17) is 11.6 Å². The lowest BCUT2D eigenvalue weighted by molar-refractivity contribution is -0.107. The number of aldehydes is 1. The van der Waals surface area contributed by atoms with Crippen molar-refractivity contribution in [2.24, 2.45) is 0 Å². The van der Waals surface area contributed by atoms with E-state index in [2.05, 4.69) is 5.32 Å². The number of hydrogen-bond acceptors (Lipinski definition) is 3. The Labute approximate surface area is 104 Å². The van der Waals surface area contributed by atoms with Crippen molar-refractivity contribution in [3.05, 3.63) is 23.0 Å². The van der Waals surface area contributed by atoms with E-state index < -0.39 is 0 Å². The number of benzene rings is 1. The molecule has 2 nitrogen and oxygen atoms in total. The molecule has 0 aliphatic heterocycles. The first-order valence-corrected chi connectivity index (χ1v) is 6.50. The third kappa shape index (κ3) is 3.68. The lowest BCUT2D eigenvalue weighted by atomic mass is 10.3. The Morgan fingerprint density at radius 1 is 1.56 bits per heavy atom. The molecule has 0 aliphatic rings. The number of carbonyl (C=O) groups is 1. The maximum Gasteiger partial charge on any atom is 0.138 e. The lowest BCUT2D eigenvalue weighted by Gasteiger charge is -2.09. The van der Waals surface area contributed by atoms with E-state index >= 15 is 0 Å². The molecular weight excluding hydrogens is 249 g/mol. The van der Waals surface area contributed by atoms with Gasteiger partial charge in [0.1, 0.15) is 12.1 Å². The molecule has 0 heterocycles. The summed E-state index contributed by atoms with van der Waals surface area (Å²) in [7, 11) is 0. The van der Waals surface area contributed by atoms with Crippen molar-refractivity contribution in [3.8, 4) is 0 Å². The van der Waals surface area contributed by atoms with Crippen molar-refractivity contribution >= 4 is 35.3 Å². The zero-order chi connectivity index (χ0) is 12.0. The molecular formula is C11H13ClFNOS. The van der Waals surface area contributed by atoms with Gasteiger partial charge in [-0.15, -0.1) is 11.8 Å². The van der Waals surface area contributed by atoms with Crippen LogP contribution in [0.4, 0.5) is 10.1 Å². The molecule has 88 valence electrons. The van der Waals surface area contributed by atoms with Crippen molar-refractivity contribution in [1.29, 1.82) is 0 Å². The van der Waals surface area contributed by atoms with E-state index in [9.17, 15) is 9.18 Å². The molecule has 0 bridgehead atoms. The van der Waals surface area contributed by atoms with Gasteiger partial charge in [0.15, 0.2) is 0 Å². The summed E-state index contributed by atoms with van der Waals surface area (Å²) in [5.41, 5.74) is 0.572. The van der Waals surface area contributed by atoms with Crippen LogP contribution in [0.5, 0.6) is 0 Å². The minimum atomic E-state index is -0.283. The first kappa shape index (κ1) is 13.3. The van der Waals surface area contributed by atoms with E-state index in [1.54, 1.807) is 12.3 Å². The van der Waals surface area contributed by atoms with Gasteiger partial charge in [0.2, 0.25) is 0 Å². The van der Waals surface area contributed by atoms with Gasteiger partial charge in [-0.05, 0) is 24.8 Å². The molecule has 0 saturated carbocycles. The summed E-state index contributed by atoms with van der Waals surface area (Å²) in [5.74, 6) is -0.283. The summed E-state index contributed by atoms with van der Waals surface area (Å²) < 4.78 is 13.4. The van der Waals surface area contributed by atoms with Gasteiger partial charge in [0, 0.05) is 17.9 Å². The average Bonchev–Trinajstić information content (AvgIpc) is 2.28. The summed E-state index contributed by atoms with van der Waals surface area (Å²) >= 11 is 7.30. The highest BCUT2D eigenvalue weighted by Gasteiger charge is 2.07. The molecule has 1 aromatic carbocycles. The molecule has 0 atom stereocenters. The first-order valence-electron chi connectivity index (χ1n) is 4.89. The van der Waals surface area contributed by atoms with Crippen LogP contribution < -0.4 is 5.32 Å². The van der Waals surface area contributed by atoms with Gasteiger partial charge in [0.25, 0.3) is 0 Å². The van der Waals surface area contributed by atoms with Crippen molar-refractivity contribution in [1.82, 2.24) is 0 Å². The minimum absolute atomic E-state index is 0.283. The van der Waals surface area contributed by atoms with Crippen molar-refractivity contribution in [2.45, 2.75) is 17.7 Å². The number of anilines is 1. The lowest BCUT2D eigenvalue weighted by Crippen LogP contribution is -2.02. The topological polar surface area (TPSA) is 29.1 Å². The number of nitrogens with one attached hydrogen (secondary N) is 1. The standard InChI is InChI=1S/C11H13ClFNOS/c1-16-11-6-8(12)10(7-9(11)13)14-4-2-3-5-15/h5-7,14H,2-4H2,1H3. The molecule has 0 spiro atoms. The first-order chi connectivity index (χ1) is 7.69. The van der Waals surface area contributed by atoms with Crippen LogP contribution in [0.3, 0.4) is 0 Å². The Balaban J connectivity index is 2.66. The zero-order valence-corrected chi connectivity index (χ0v) is 10.5. The number of hydrogen-bond donors (Lipinski definition) is 1. The van der Waals surface area contributed by atoms with E-state index in [1.807, 2.05) is 0 Å². The van der Waals surface area contributed by atoms with Gasteiger partial charge in [-0.1, -0.05) is 11.6 Å². The predicted molar refractivity (Wildman–Crippen MR) is 67.0 cm³/mol. The summed E-state index contributed by atoms with van der Waals surface area (Å²) in [6, 6.07) is 2.98. The quantitative estimate of drug-likeness (QED) is 0.482. The fourth-order valence-electron chi connectivity index (χ4n) is 1.23. The van der Waals surface area contributed by atoms with E-state index in [1.165, 1.54) is 17.8 Å². The van der Waals surface area contributed by atoms with Gasteiger partial charge in [-0.3, -0.25) is 0 Å². The van der Waals surface area contributed by atoms with Crippen molar-refractivity contribution < 1.29 is 9.18 Å². The molecule has 0 aliphatic carbocycles. The smallest absolute Gasteiger partial charge is 0.138 e. The second-order valence-corrected chi connectivity index (χ2v) is 4.46. The Kier molecular flexibility index (Phi) is 5.63. The minimum Gasteiger partial charge on any atom is -0.384 e. The van der Waals surface area contributed by atoms with Crippen molar-refractivity contribution in [3.63, 3.8) is 0 Å². The molecule has 0 saturated heterocycles. The van der Waals surface area contributed by atoms with E-state index in [-0.39, 0.29) is 5.82 Å². The van der Waals surface area contributed by atoms with Crippen molar-refractivity contribution in [2.75, 3.05) is 18.1 Å². The van der Waals surface area contributed by atoms with Crippen LogP contribution >= 0.6 is 23.4 Å². The molecule has 0 radical (unpaired) electrons. The molecule has 1 aromatic rings. The van der Waals surface area contributed by atoms with Crippen LogP contribution in [0.25, 0.3) is 0 Å². The molecule has 16 heavy (non-hydrogen) atoms. The Hall–Kier alpha value is -0.740. The van der Waals surface area contributed by atoms with E-state index in [0.29, 0.717) is 35.0 Å². The number of unbranched alkanes of at least 4 members (excludes halogenated alkanes) is 1. The van der Waals surface area contributed by atoms with Gasteiger partial charge >= 0.3 is 0 Å². The molecule has 1 N–H and O–H groups in total. The average molecular weight is 262 g/mol. The Bertz CT molecular complexity index is 373. The molecule has 1 rings (SSSR count). The van der Waals surface area contributed by atoms with Crippen LogP contribution in [0, 0.1) is 5.82 Å².